The average molecular weight is 556 g/mol. The second kappa shape index (κ2) is 9.29. The lowest BCUT2D eigenvalue weighted by Gasteiger charge is -2.43. The standard InChI is InChI=1S/C22H26ClN5O6S2/c1-12-7-6-8-16(24-12)25-18(29)14-9-13(23)17(35-14)22-11-33-10-15(22)36(31,32)28(5)19(27-22)26-20(30)34-21(2,3)4/h6-9,15H,10-11H2,1-5H3,(H,24,25,29)(H,26,27,30)/t15?,22-/m0/s1. The van der Waals surface area contributed by atoms with E-state index in [9.17, 15) is 18.0 Å². The van der Waals surface area contributed by atoms with Gasteiger partial charge in [-0.05, 0) is 45.9 Å². The van der Waals surface area contributed by atoms with E-state index < -0.39 is 38.4 Å². The summed E-state index contributed by atoms with van der Waals surface area (Å²) >= 11 is 7.59. The minimum Gasteiger partial charge on any atom is -0.442 e. The number of nitrogens with zero attached hydrogens (tertiary/aromatic N) is 3. The van der Waals surface area contributed by atoms with E-state index in [4.69, 9.17) is 21.1 Å². The van der Waals surface area contributed by atoms with Gasteiger partial charge in [0.05, 0.1) is 28.0 Å². The summed E-state index contributed by atoms with van der Waals surface area (Å²) in [6.07, 6.45) is -0.956. The molecule has 2 amide bonds. The molecule has 1 unspecified atom stereocenters. The van der Waals surface area contributed by atoms with Crippen molar-refractivity contribution in [1.29, 1.82) is 0 Å². The summed E-state index contributed by atoms with van der Waals surface area (Å²) in [7, 11) is -2.73. The molecule has 2 saturated heterocycles. The number of rotatable bonds is 3. The Kier molecular flexibility index (Phi) is 6.79. The molecule has 194 valence electrons. The molecule has 4 rings (SSSR count). The number of thiophene rings is 1. The van der Waals surface area contributed by atoms with Gasteiger partial charge in [-0.2, -0.15) is 0 Å². The first kappa shape index (κ1) is 26.3. The summed E-state index contributed by atoms with van der Waals surface area (Å²) in [4.78, 5) is 34.1. The van der Waals surface area contributed by atoms with Crippen LogP contribution in [-0.4, -0.2) is 66.8 Å². The summed E-state index contributed by atoms with van der Waals surface area (Å²) in [5.74, 6) is -0.305. The first-order chi connectivity index (χ1) is 16.7. The topological polar surface area (TPSA) is 139 Å². The lowest BCUT2D eigenvalue weighted by Crippen LogP contribution is -2.67. The number of carbonyl (C=O) groups excluding carboxylic acids is 2. The zero-order valence-electron chi connectivity index (χ0n) is 20.3. The van der Waals surface area contributed by atoms with Gasteiger partial charge in [0.25, 0.3) is 5.91 Å². The van der Waals surface area contributed by atoms with E-state index in [1.807, 2.05) is 0 Å². The molecular formula is C22H26ClN5O6S2. The Bertz CT molecular complexity index is 1350. The van der Waals surface area contributed by atoms with E-state index >= 15 is 0 Å². The van der Waals surface area contributed by atoms with Crippen LogP contribution < -0.4 is 10.6 Å². The van der Waals surface area contributed by atoms with Gasteiger partial charge in [0, 0.05) is 12.7 Å². The van der Waals surface area contributed by atoms with E-state index in [1.165, 1.54) is 13.1 Å². The molecule has 11 nitrogen and oxygen atoms in total. The van der Waals surface area contributed by atoms with Gasteiger partial charge in [0.1, 0.15) is 22.2 Å². The number of ether oxygens (including phenoxy) is 2. The summed E-state index contributed by atoms with van der Waals surface area (Å²) in [6, 6.07) is 6.69. The lowest BCUT2D eigenvalue weighted by atomic mass is 9.95. The van der Waals surface area contributed by atoms with Gasteiger partial charge < -0.3 is 20.1 Å². The van der Waals surface area contributed by atoms with Crippen molar-refractivity contribution < 1.29 is 27.5 Å². The van der Waals surface area contributed by atoms with Crippen molar-refractivity contribution in [2.75, 3.05) is 25.6 Å². The van der Waals surface area contributed by atoms with Crippen LogP contribution in [0.5, 0.6) is 0 Å². The van der Waals surface area contributed by atoms with E-state index in [0.29, 0.717) is 10.7 Å². The Morgan fingerprint density at radius 1 is 1.39 bits per heavy atom. The maximum Gasteiger partial charge on any atom is 0.437 e. The van der Waals surface area contributed by atoms with Gasteiger partial charge in [-0.3, -0.25) is 4.79 Å². The van der Waals surface area contributed by atoms with Gasteiger partial charge >= 0.3 is 6.09 Å². The minimum absolute atomic E-state index is 0.0706. The van der Waals surface area contributed by atoms with Crippen LogP contribution in [-0.2, 0) is 25.0 Å². The molecule has 2 aliphatic rings. The van der Waals surface area contributed by atoms with Crippen LogP contribution >= 0.6 is 22.9 Å². The second-order valence-electron chi connectivity index (χ2n) is 9.43. The van der Waals surface area contributed by atoms with E-state index in [1.54, 1.807) is 45.9 Å². The fourth-order valence-electron chi connectivity index (χ4n) is 3.92. The predicted molar refractivity (Wildman–Crippen MR) is 136 cm³/mol. The number of sulfonamides is 1. The first-order valence-corrected chi connectivity index (χ1v) is 13.6. The highest BCUT2D eigenvalue weighted by Crippen LogP contribution is 2.45. The van der Waals surface area contributed by atoms with Crippen LogP contribution in [0.3, 0.4) is 0 Å². The molecule has 0 bridgehead atoms. The number of guanidine groups is 1. The van der Waals surface area contributed by atoms with Crippen molar-refractivity contribution in [1.82, 2.24) is 14.6 Å². The molecule has 2 N–H and O–H groups in total. The Morgan fingerprint density at radius 3 is 2.78 bits per heavy atom. The highest BCUT2D eigenvalue weighted by molar-refractivity contribution is 7.90. The van der Waals surface area contributed by atoms with E-state index in [0.717, 1.165) is 21.3 Å². The number of aromatic nitrogens is 1. The summed E-state index contributed by atoms with van der Waals surface area (Å²) < 4.78 is 38.6. The molecule has 36 heavy (non-hydrogen) atoms. The Hall–Kier alpha value is -2.74. The van der Waals surface area contributed by atoms with Gasteiger partial charge in [0.2, 0.25) is 16.0 Å². The third kappa shape index (κ3) is 4.92. The van der Waals surface area contributed by atoms with Crippen molar-refractivity contribution in [3.8, 4) is 0 Å². The van der Waals surface area contributed by atoms with Crippen LogP contribution in [0.15, 0.2) is 29.3 Å². The van der Waals surface area contributed by atoms with Crippen molar-refractivity contribution in [3.05, 3.63) is 44.7 Å². The first-order valence-electron chi connectivity index (χ1n) is 10.9. The largest absolute Gasteiger partial charge is 0.442 e. The third-order valence-electron chi connectivity index (χ3n) is 5.56. The van der Waals surface area contributed by atoms with Crippen LogP contribution in [0, 0.1) is 6.92 Å². The highest BCUT2D eigenvalue weighted by Gasteiger charge is 2.60. The number of pyridine rings is 1. The number of hydrogen-bond donors (Lipinski definition) is 2. The Balaban J connectivity index is 1.72. The molecule has 4 heterocycles. The van der Waals surface area contributed by atoms with Gasteiger partial charge in [-0.15, -0.1) is 16.3 Å². The molecule has 2 aromatic heterocycles. The number of carbonyl (C=O) groups is 2. The zero-order valence-corrected chi connectivity index (χ0v) is 22.7. The zero-order chi connectivity index (χ0) is 26.5. The fourth-order valence-corrected chi connectivity index (χ4v) is 7.32. The maximum atomic E-state index is 13.4. The number of fused-ring (bicyclic) bond motifs is 1. The fraction of sp³-hybridized carbons (Fsp3) is 0.455. The molecule has 2 aromatic rings. The summed E-state index contributed by atoms with van der Waals surface area (Å²) in [5.41, 5.74) is -1.45. The Morgan fingerprint density at radius 2 is 2.11 bits per heavy atom. The highest BCUT2D eigenvalue weighted by atomic mass is 35.5. The van der Waals surface area contributed by atoms with Crippen LogP contribution in [0.1, 0.15) is 41.0 Å². The van der Waals surface area contributed by atoms with E-state index in [-0.39, 0.29) is 29.1 Å². The normalized spacial score (nSPS) is 24.2. The minimum atomic E-state index is -4.02. The molecule has 0 aliphatic carbocycles. The molecule has 14 heteroatoms. The maximum absolute atomic E-state index is 13.4. The van der Waals surface area contributed by atoms with Crippen molar-refractivity contribution in [2.45, 2.75) is 44.1 Å². The van der Waals surface area contributed by atoms with E-state index in [2.05, 4.69) is 20.6 Å². The molecule has 0 saturated carbocycles. The molecule has 2 fully saturated rings. The van der Waals surface area contributed by atoms with Crippen molar-refractivity contribution >= 4 is 56.7 Å². The smallest absolute Gasteiger partial charge is 0.437 e. The lowest BCUT2D eigenvalue weighted by molar-refractivity contribution is 0.0601. The Labute approximate surface area is 217 Å². The number of halogens is 1. The number of aliphatic imine (C=N–C) groups is 1. The van der Waals surface area contributed by atoms with Crippen LogP contribution in [0.4, 0.5) is 10.6 Å². The number of nitrogens with one attached hydrogen (secondary N) is 2. The molecule has 0 spiro atoms. The third-order valence-corrected chi connectivity index (χ3v) is 9.47. The van der Waals surface area contributed by atoms with Gasteiger partial charge in [-0.25, -0.2) is 22.5 Å². The second-order valence-corrected chi connectivity index (χ2v) is 13.0. The molecular weight excluding hydrogens is 530 g/mol. The van der Waals surface area contributed by atoms with Gasteiger partial charge in [-0.1, -0.05) is 17.7 Å². The SMILES string of the molecule is Cc1cccc(NC(=O)c2cc(Cl)c([C@]34COCC3S(=O)(=O)N(C)/C(=N\C(=O)OC(C)(C)C)N4)s2)n1. The quantitative estimate of drug-likeness (QED) is 0.589. The predicted octanol–water partition coefficient (Wildman–Crippen LogP) is 3.11. The molecule has 2 atom stereocenters. The van der Waals surface area contributed by atoms with Crippen LogP contribution in [0.2, 0.25) is 5.02 Å². The van der Waals surface area contributed by atoms with Crippen molar-refractivity contribution in [3.63, 3.8) is 0 Å². The number of anilines is 1. The molecule has 0 radical (unpaired) electrons. The van der Waals surface area contributed by atoms with Crippen molar-refractivity contribution in [2.24, 2.45) is 4.99 Å². The monoisotopic (exact) mass is 555 g/mol. The molecule has 2 aliphatic heterocycles. The number of amides is 2. The number of aryl methyl sites for hydroxylation is 1. The average Bonchev–Trinajstić information content (AvgIpc) is 3.36. The summed E-state index contributed by atoms with van der Waals surface area (Å²) in [5, 5.41) is 4.90. The molecule has 0 aromatic carbocycles. The van der Waals surface area contributed by atoms with Crippen LogP contribution in [0.25, 0.3) is 0 Å². The summed E-state index contributed by atoms with van der Waals surface area (Å²) in [6.45, 7) is 6.64. The van der Waals surface area contributed by atoms with Gasteiger partial charge in [0.15, 0.2) is 0 Å². The number of hydrogen-bond acceptors (Lipinski definition) is 8.